The van der Waals surface area contributed by atoms with E-state index in [1.165, 1.54) is 32.6 Å². The van der Waals surface area contributed by atoms with Gasteiger partial charge in [-0.3, -0.25) is 14.6 Å². The maximum absolute atomic E-state index is 14.7. The topological polar surface area (TPSA) is 104 Å². The Balaban J connectivity index is 1.72. The highest BCUT2D eigenvalue weighted by atomic mass is 19.1. The third kappa shape index (κ3) is 4.72. The first-order valence-electron chi connectivity index (χ1n) is 10.8. The Hall–Kier alpha value is -4.21. The van der Waals surface area contributed by atoms with Gasteiger partial charge >= 0.3 is 0 Å². The molecule has 1 aliphatic rings. The van der Waals surface area contributed by atoms with Crippen LogP contribution in [-0.2, 0) is 16.1 Å². The van der Waals surface area contributed by atoms with Gasteiger partial charge in [-0.2, -0.15) is 0 Å². The molecule has 1 unspecified atom stereocenters. The molecule has 35 heavy (non-hydrogen) atoms. The van der Waals surface area contributed by atoms with Crippen molar-refractivity contribution in [3.63, 3.8) is 0 Å². The molecule has 3 aromatic rings. The van der Waals surface area contributed by atoms with E-state index < -0.39 is 23.5 Å². The number of pyridine rings is 1. The zero-order valence-corrected chi connectivity index (χ0v) is 19.8. The average Bonchev–Trinajstić information content (AvgIpc) is 3.13. The minimum Gasteiger partial charge on any atom is -0.495 e. The number of hydrogen-bond donors (Lipinski definition) is 1. The summed E-state index contributed by atoms with van der Waals surface area (Å²) >= 11 is 0. The molecule has 1 N–H and O–H groups in total. The minimum absolute atomic E-state index is 0.0251. The van der Waals surface area contributed by atoms with Gasteiger partial charge in [-0.05, 0) is 31.2 Å². The lowest BCUT2D eigenvalue weighted by atomic mass is 10.0. The van der Waals surface area contributed by atoms with Gasteiger partial charge in [0.2, 0.25) is 0 Å². The Kier molecular flexibility index (Phi) is 6.81. The molecule has 1 atom stereocenters. The molecule has 10 heteroatoms. The predicted octanol–water partition coefficient (Wildman–Crippen LogP) is 3.18. The van der Waals surface area contributed by atoms with E-state index >= 15 is 0 Å². The van der Waals surface area contributed by atoms with Gasteiger partial charge in [-0.1, -0.05) is 0 Å². The molecular weight excluding hydrogens is 455 g/mol. The molecule has 0 saturated heterocycles. The lowest BCUT2D eigenvalue weighted by molar-refractivity contribution is -0.117. The number of methoxy groups -OCH3 is 3. The van der Waals surface area contributed by atoms with Crippen molar-refractivity contribution in [2.24, 2.45) is 4.99 Å². The van der Waals surface area contributed by atoms with E-state index in [0.717, 1.165) is 0 Å². The van der Waals surface area contributed by atoms with Crippen LogP contribution in [0.1, 0.15) is 28.2 Å². The largest absolute Gasteiger partial charge is 0.495 e. The first-order valence-corrected chi connectivity index (χ1v) is 10.8. The summed E-state index contributed by atoms with van der Waals surface area (Å²) in [6, 6.07) is 5.84. The summed E-state index contributed by atoms with van der Waals surface area (Å²) < 4.78 is 31.8. The lowest BCUT2D eigenvalue weighted by Crippen LogP contribution is -2.40. The number of amides is 1. The van der Waals surface area contributed by atoms with Crippen LogP contribution in [0.4, 0.5) is 4.39 Å². The summed E-state index contributed by atoms with van der Waals surface area (Å²) in [6.45, 7) is 1.97. The Bertz CT molecular complexity index is 1340. The van der Waals surface area contributed by atoms with Crippen LogP contribution in [0.25, 0.3) is 10.9 Å². The maximum atomic E-state index is 14.7. The molecular formula is C25H25FN4O5. The molecule has 1 aliphatic heterocycles. The molecule has 182 valence electrons. The number of ketones is 1. The number of fused-ring (bicyclic) bond motifs is 1. The van der Waals surface area contributed by atoms with Gasteiger partial charge in [-0.15, -0.1) is 0 Å². The number of ether oxygens (including phenoxy) is 3. The fourth-order valence-corrected chi connectivity index (χ4v) is 4.03. The second-order valence-electron chi connectivity index (χ2n) is 7.92. The highest BCUT2D eigenvalue weighted by Gasteiger charge is 2.28. The summed E-state index contributed by atoms with van der Waals surface area (Å²) in [5, 5.41) is 3.12. The maximum Gasteiger partial charge on any atom is 0.292 e. The number of aliphatic imine (C=N–C) groups is 1. The summed E-state index contributed by atoms with van der Waals surface area (Å²) in [5.41, 5.74) is 1.79. The summed E-state index contributed by atoms with van der Waals surface area (Å²) in [7, 11) is 4.38. The smallest absolute Gasteiger partial charge is 0.292 e. The number of carbonyl (C=O) groups is 2. The number of rotatable bonds is 7. The van der Waals surface area contributed by atoms with Gasteiger partial charge < -0.3 is 24.1 Å². The van der Waals surface area contributed by atoms with Crippen LogP contribution in [-0.4, -0.2) is 54.5 Å². The number of hydrogen-bond acceptors (Lipinski definition) is 7. The Morgan fingerprint density at radius 1 is 1.17 bits per heavy atom. The van der Waals surface area contributed by atoms with Gasteiger partial charge in [0, 0.05) is 29.8 Å². The number of nitrogens with one attached hydrogen (secondary N) is 1. The van der Waals surface area contributed by atoms with E-state index in [1.54, 1.807) is 43.0 Å². The number of Topliss-reactive ketones (excluding diaryl/α,β-unsaturated/α-hetero) is 1. The monoisotopic (exact) mass is 480 g/mol. The number of carbonyl (C=O) groups excluding carboxylic acids is 2. The average molecular weight is 480 g/mol. The molecule has 0 aliphatic carbocycles. The molecule has 3 heterocycles. The van der Waals surface area contributed by atoms with Crippen LogP contribution < -0.4 is 14.8 Å². The molecule has 4 rings (SSSR count). The van der Waals surface area contributed by atoms with Crippen molar-refractivity contribution in [2.45, 2.75) is 25.9 Å². The molecule has 0 spiro atoms. The van der Waals surface area contributed by atoms with Crippen molar-refractivity contribution < 1.29 is 28.2 Å². The van der Waals surface area contributed by atoms with Gasteiger partial charge in [0.05, 0.1) is 56.9 Å². The fourth-order valence-electron chi connectivity index (χ4n) is 4.03. The first-order chi connectivity index (χ1) is 16.9. The molecule has 9 nitrogen and oxygen atoms in total. The summed E-state index contributed by atoms with van der Waals surface area (Å²) in [4.78, 5) is 34.7. The molecule has 1 amide bonds. The van der Waals surface area contributed by atoms with E-state index in [1.807, 2.05) is 0 Å². The SMILES string of the molecule is COC1=NC=CC(NC(=O)C(=O)c2c(C)n(Cc3ccc(OC)cn3)c3cc(F)c(OC)cc23)C1. The molecule has 1 aromatic carbocycles. The van der Waals surface area contributed by atoms with E-state index in [2.05, 4.69) is 15.3 Å². The highest BCUT2D eigenvalue weighted by molar-refractivity contribution is 6.45. The standard InChI is InChI=1S/C25H25FN4O5/c1-14-23(24(31)25(32)29-15-7-8-27-22(9-15)35-4)18-10-21(34-3)19(26)11-20(18)30(14)13-16-5-6-17(33-2)12-28-16/h5-8,10-12,15H,9,13H2,1-4H3,(H,29,32). The zero-order valence-electron chi connectivity index (χ0n) is 19.8. The third-order valence-corrected chi connectivity index (χ3v) is 5.87. The van der Waals surface area contributed by atoms with Crippen molar-refractivity contribution >= 4 is 28.5 Å². The molecule has 2 aromatic heterocycles. The van der Waals surface area contributed by atoms with Crippen molar-refractivity contribution in [2.75, 3.05) is 21.3 Å². The fraction of sp³-hybridized carbons (Fsp3) is 0.280. The predicted molar refractivity (Wildman–Crippen MR) is 128 cm³/mol. The van der Waals surface area contributed by atoms with Crippen LogP contribution >= 0.6 is 0 Å². The van der Waals surface area contributed by atoms with Crippen molar-refractivity contribution in [1.29, 1.82) is 0 Å². The molecule has 0 fully saturated rings. The minimum atomic E-state index is -0.787. The van der Waals surface area contributed by atoms with Crippen LogP contribution in [0.2, 0.25) is 0 Å². The summed E-state index contributed by atoms with van der Waals surface area (Å²) in [5.74, 6) is -1.08. The normalized spacial score (nSPS) is 15.0. The summed E-state index contributed by atoms with van der Waals surface area (Å²) in [6.07, 6.45) is 5.10. The number of nitrogens with zero attached hydrogens (tertiary/aromatic N) is 3. The van der Waals surface area contributed by atoms with E-state index in [0.29, 0.717) is 40.4 Å². The zero-order chi connectivity index (χ0) is 25.1. The van der Waals surface area contributed by atoms with Gasteiger partial charge in [0.15, 0.2) is 17.5 Å². The van der Waals surface area contributed by atoms with Crippen molar-refractivity contribution in [3.05, 3.63) is 65.5 Å². The molecule has 0 bridgehead atoms. The second kappa shape index (κ2) is 9.96. The number of halogens is 1. The number of aromatic nitrogens is 2. The van der Waals surface area contributed by atoms with Crippen LogP contribution in [0.15, 0.2) is 47.7 Å². The van der Waals surface area contributed by atoms with Crippen LogP contribution in [0.3, 0.4) is 0 Å². The third-order valence-electron chi connectivity index (χ3n) is 5.87. The Morgan fingerprint density at radius 3 is 2.63 bits per heavy atom. The second-order valence-corrected chi connectivity index (χ2v) is 7.92. The lowest BCUT2D eigenvalue weighted by Gasteiger charge is -2.17. The quantitative estimate of drug-likeness (QED) is 0.412. The van der Waals surface area contributed by atoms with Crippen LogP contribution in [0.5, 0.6) is 11.5 Å². The molecule has 0 radical (unpaired) electrons. The van der Waals surface area contributed by atoms with E-state index in [9.17, 15) is 14.0 Å². The van der Waals surface area contributed by atoms with Gasteiger partial charge in [-0.25, -0.2) is 9.38 Å². The van der Waals surface area contributed by atoms with E-state index in [-0.39, 0.29) is 17.9 Å². The Morgan fingerprint density at radius 2 is 1.97 bits per heavy atom. The van der Waals surface area contributed by atoms with Crippen molar-refractivity contribution in [1.82, 2.24) is 14.9 Å². The number of benzene rings is 1. The van der Waals surface area contributed by atoms with E-state index in [4.69, 9.17) is 14.2 Å². The van der Waals surface area contributed by atoms with Crippen molar-refractivity contribution in [3.8, 4) is 11.5 Å². The van der Waals surface area contributed by atoms with Crippen LogP contribution in [0, 0.1) is 12.7 Å². The molecule has 0 saturated carbocycles. The Labute approximate surface area is 201 Å². The van der Waals surface area contributed by atoms with Gasteiger partial charge in [0.1, 0.15) is 5.75 Å². The first kappa shape index (κ1) is 23.9. The highest BCUT2D eigenvalue weighted by Crippen LogP contribution is 2.32. The van der Waals surface area contributed by atoms with Gasteiger partial charge in [0.25, 0.3) is 11.7 Å².